The number of para-hydroxylation sites is 2. The minimum atomic E-state index is 0.364. The van der Waals surface area contributed by atoms with Crippen LogP contribution >= 0.6 is 0 Å². The fourth-order valence-electron chi connectivity index (χ4n) is 9.23. The van der Waals surface area contributed by atoms with Gasteiger partial charge in [-0.05, 0) is 57.3 Å². The topological polar surface area (TPSA) is 8.17 Å². The van der Waals surface area contributed by atoms with Gasteiger partial charge in [0.15, 0.2) is 0 Å². The number of anilines is 3. The van der Waals surface area contributed by atoms with Crippen molar-refractivity contribution in [1.29, 1.82) is 0 Å². The number of rotatable bonds is 7. The minimum absolute atomic E-state index is 0.364. The number of nitrogens with zero attached hydrogens (tertiary/aromatic N) is 2. The molecule has 0 fully saturated rings. The van der Waals surface area contributed by atoms with E-state index in [0.29, 0.717) is 14.5 Å². The molecule has 2 nitrogen and oxygen atoms in total. The van der Waals surface area contributed by atoms with E-state index in [-0.39, 0.29) is 0 Å². The van der Waals surface area contributed by atoms with Crippen LogP contribution in [0.25, 0.3) is 90.9 Å². The summed E-state index contributed by atoms with van der Waals surface area (Å²) in [5.41, 5.74) is 14.2. The zero-order chi connectivity index (χ0) is 40.3. The van der Waals surface area contributed by atoms with E-state index >= 15 is 0 Å². The molecule has 0 saturated heterocycles. The third-order valence-electron chi connectivity index (χ3n) is 12.2. The van der Waals surface area contributed by atoms with Gasteiger partial charge in [0.2, 0.25) is 0 Å². The number of benzene rings is 10. The van der Waals surface area contributed by atoms with Crippen molar-refractivity contribution in [2.24, 2.45) is 0 Å². The maximum absolute atomic E-state index is 2.39. The van der Waals surface area contributed by atoms with Crippen molar-refractivity contribution < 1.29 is 0 Å². The molecule has 0 N–H and O–H groups in total. The van der Waals surface area contributed by atoms with E-state index in [4.69, 9.17) is 0 Å². The fraction of sp³-hybridized carbons (Fsp3) is 0. The number of hydrogen-bond donors (Lipinski definition) is 0. The minimum Gasteiger partial charge on any atom is -0.0602 e. The summed E-state index contributed by atoms with van der Waals surface area (Å²) in [5.74, 6) is 0. The molecule has 2 heterocycles. The molecule has 0 spiro atoms. The van der Waals surface area contributed by atoms with Crippen molar-refractivity contribution in [2.45, 2.75) is 0 Å². The Morgan fingerprint density at radius 1 is 0.311 bits per heavy atom. The average molecular weight is 842 g/mol. The van der Waals surface area contributed by atoms with Crippen molar-refractivity contribution in [3.05, 3.63) is 231 Å². The number of hydrogen-bond acceptors (Lipinski definition) is 1. The molecule has 0 unspecified atom stereocenters. The molecule has 0 aliphatic carbocycles. The first-order valence-corrected chi connectivity index (χ1v) is 22.5. The summed E-state index contributed by atoms with van der Waals surface area (Å²) in [7, 11) is 0. The van der Waals surface area contributed by atoms with E-state index < -0.39 is 0 Å². The fourth-order valence-corrected chi connectivity index (χ4v) is 11.5. The second-order valence-electron chi connectivity index (χ2n) is 15.7. The maximum atomic E-state index is 2.39. The smallest absolute Gasteiger partial charge is 0.0602 e. The zero-order valence-electron chi connectivity index (χ0n) is 33.2. The SMILES string of the molecule is c1ccc(-n2c3ccccc3c3ccc(-c4ccc(N(c5ccc(-c6ccc7[se]c8ccccc8c7c6)cc5)c5ccc(-c6cccc7ccccc67)cc5)cc4)cc32)cc1. The molecule has 0 aliphatic heterocycles. The van der Waals surface area contributed by atoms with Crippen LogP contribution in [-0.4, -0.2) is 19.1 Å². The molecule has 2 aromatic heterocycles. The number of fused-ring (bicyclic) bond motifs is 7. The molecule has 0 bridgehead atoms. The van der Waals surface area contributed by atoms with E-state index in [1.165, 1.54) is 85.3 Å². The van der Waals surface area contributed by atoms with Crippen molar-refractivity contribution >= 4 is 83.4 Å². The predicted molar refractivity (Wildman–Crippen MR) is 261 cm³/mol. The molecule has 0 radical (unpaired) electrons. The van der Waals surface area contributed by atoms with Crippen LogP contribution in [0.3, 0.4) is 0 Å². The Labute approximate surface area is 360 Å². The van der Waals surface area contributed by atoms with Crippen molar-refractivity contribution in [2.75, 3.05) is 4.90 Å². The third kappa shape index (κ3) is 6.18. The van der Waals surface area contributed by atoms with E-state index in [0.717, 1.165) is 22.7 Å². The third-order valence-corrected chi connectivity index (χ3v) is 14.6. The van der Waals surface area contributed by atoms with Gasteiger partial charge in [0.1, 0.15) is 0 Å². The molecule has 286 valence electrons. The normalized spacial score (nSPS) is 11.6. The standard InChI is InChI=1S/C58H38N2Se/c1-2-13-45(14-3-1)60-55-19-8-6-16-51(55)52-35-27-44(38-56(52)60)40-23-31-47(32-24-40)59(48-33-25-42(26-34-48)50-18-10-12-41-11-4-5-15-49(41)50)46-29-21-39(22-30-46)43-28-36-58-54(37-43)53-17-7-9-20-57(53)61-58/h1-38H. The van der Waals surface area contributed by atoms with E-state index in [1.807, 2.05) is 0 Å². The Bertz CT molecular complexity index is 3560. The summed E-state index contributed by atoms with van der Waals surface area (Å²) in [4.78, 5) is 2.37. The molecule has 0 aliphatic rings. The van der Waals surface area contributed by atoms with Crippen LogP contribution in [0.5, 0.6) is 0 Å². The summed E-state index contributed by atoms with van der Waals surface area (Å²) in [6, 6.07) is 84.5. The first kappa shape index (κ1) is 35.5. The quantitative estimate of drug-likeness (QED) is 0.145. The van der Waals surface area contributed by atoms with Gasteiger partial charge in [0.25, 0.3) is 0 Å². The Balaban J connectivity index is 0.938. The van der Waals surface area contributed by atoms with Crippen molar-refractivity contribution in [3.63, 3.8) is 0 Å². The van der Waals surface area contributed by atoms with Crippen LogP contribution < -0.4 is 4.90 Å². The average Bonchev–Trinajstić information content (AvgIpc) is 3.87. The number of aromatic nitrogens is 1. The molecular formula is C58H38N2Se. The first-order chi connectivity index (χ1) is 30.2. The van der Waals surface area contributed by atoms with Gasteiger partial charge in [-0.2, -0.15) is 0 Å². The summed E-state index contributed by atoms with van der Waals surface area (Å²) >= 11 is 0.364. The predicted octanol–water partition coefficient (Wildman–Crippen LogP) is 15.8. The Kier molecular flexibility index (Phi) is 8.55. The Hall–Kier alpha value is -7.42. The molecule has 0 saturated carbocycles. The second kappa shape index (κ2) is 14.7. The molecule has 10 aromatic carbocycles. The van der Waals surface area contributed by atoms with Crippen molar-refractivity contribution in [1.82, 2.24) is 4.57 Å². The van der Waals surface area contributed by atoms with Gasteiger partial charge in [-0.15, -0.1) is 0 Å². The van der Waals surface area contributed by atoms with Crippen LogP contribution in [0, 0.1) is 0 Å². The van der Waals surface area contributed by atoms with Crippen molar-refractivity contribution in [3.8, 4) is 39.1 Å². The van der Waals surface area contributed by atoms with Gasteiger partial charge in [0.05, 0.1) is 11.0 Å². The molecule has 12 rings (SSSR count). The monoisotopic (exact) mass is 842 g/mol. The van der Waals surface area contributed by atoms with Gasteiger partial charge in [-0.25, -0.2) is 0 Å². The van der Waals surface area contributed by atoms with Gasteiger partial charge in [-0.3, -0.25) is 0 Å². The van der Waals surface area contributed by atoms with E-state index in [2.05, 4.69) is 240 Å². The van der Waals surface area contributed by atoms with Crippen LogP contribution in [-0.2, 0) is 0 Å². The van der Waals surface area contributed by atoms with Crippen LogP contribution in [0.4, 0.5) is 17.1 Å². The molecule has 12 aromatic rings. The Morgan fingerprint density at radius 2 is 0.836 bits per heavy atom. The summed E-state index contributed by atoms with van der Waals surface area (Å²) in [6.07, 6.45) is 0. The van der Waals surface area contributed by atoms with E-state index in [9.17, 15) is 0 Å². The first-order valence-electron chi connectivity index (χ1n) is 20.8. The van der Waals surface area contributed by atoms with Crippen LogP contribution in [0.15, 0.2) is 231 Å². The summed E-state index contributed by atoms with van der Waals surface area (Å²) in [5, 5.41) is 7.80. The molecule has 3 heteroatoms. The zero-order valence-corrected chi connectivity index (χ0v) is 35.0. The van der Waals surface area contributed by atoms with Crippen LogP contribution in [0.2, 0.25) is 0 Å². The van der Waals surface area contributed by atoms with E-state index in [1.54, 1.807) is 0 Å². The Morgan fingerprint density at radius 3 is 1.57 bits per heavy atom. The molecule has 0 amide bonds. The summed E-state index contributed by atoms with van der Waals surface area (Å²) < 4.78 is 5.33. The van der Waals surface area contributed by atoms with Gasteiger partial charge in [0, 0.05) is 16.5 Å². The van der Waals surface area contributed by atoms with Gasteiger partial charge in [-0.1, -0.05) is 91.0 Å². The summed E-state index contributed by atoms with van der Waals surface area (Å²) in [6.45, 7) is 0. The molecule has 0 atom stereocenters. The van der Waals surface area contributed by atoms with Gasteiger partial charge >= 0.3 is 182 Å². The van der Waals surface area contributed by atoms with Gasteiger partial charge < -0.3 is 4.57 Å². The molecule has 61 heavy (non-hydrogen) atoms. The molecular weight excluding hydrogens is 804 g/mol. The second-order valence-corrected chi connectivity index (χ2v) is 18.0. The van der Waals surface area contributed by atoms with Crippen LogP contribution in [0.1, 0.15) is 0 Å².